The van der Waals surface area contributed by atoms with Crippen molar-refractivity contribution in [3.05, 3.63) is 69.9 Å². The number of imidazole rings is 1. The highest BCUT2D eigenvalue weighted by molar-refractivity contribution is 7.13. The number of methoxy groups -OCH3 is 1. The van der Waals surface area contributed by atoms with Gasteiger partial charge in [0.2, 0.25) is 0 Å². The van der Waals surface area contributed by atoms with Crippen molar-refractivity contribution in [2.45, 2.75) is 13.5 Å². The summed E-state index contributed by atoms with van der Waals surface area (Å²) >= 11 is 8.23. The van der Waals surface area contributed by atoms with Crippen LogP contribution in [0.25, 0.3) is 21.6 Å². The molecule has 0 fully saturated rings. The summed E-state index contributed by atoms with van der Waals surface area (Å²) in [7, 11) is 1.33. The molecule has 0 spiro atoms. The first-order valence-corrected chi connectivity index (χ1v) is 9.57. The van der Waals surface area contributed by atoms with E-state index in [0.29, 0.717) is 17.2 Å². The number of carbonyl (C=O) groups excluding carboxylic acids is 1. The van der Waals surface area contributed by atoms with E-state index in [-0.39, 0.29) is 5.69 Å². The summed E-state index contributed by atoms with van der Waals surface area (Å²) in [6, 6.07) is 13.7. The SMILES string of the molecule is COC(=O)c1ccc2c(n1)nc(C)n2Cc1ccc(-c2cccs2)cc1Cl. The molecule has 0 amide bonds. The predicted molar refractivity (Wildman–Crippen MR) is 107 cm³/mol. The van der Waals surface area contributed by atoms with Crippen LogP contribution in [0.15, 0.2) is 47.8 Å². The average Bonchev–Trinajstić information content (AvgIpc) is 3.30. The van der Waals surface area contributed by atoms with Gasteiger partial charge in [0.25, 0.3) is 0 Å². The van der Waals surface area contributed by atoms with Gasteiger partial charge in [-0.3, -0.25) is 0 Å². The van der Waals surface area contributed by atoms with Crippen LogP contribution in [0.2, 0.25) is 5.02 Å². The number of aromatic nitrogens is 3. The first-order valence-electron chi connectivity index (χ1n) is 8.31. The molecule has 0 aliphatic heterocycles. The number of benzene rings is 1. The van der Waals surface area contributed by atoms with Crippen molar-refractivity contribution in [3.63, 3.8) is 0 Å². The fourth-order valence-electron chi connectivity index (χ4n) is 2.98. The summed E-state index contributed by atoms with van der Waals surface area (Å²) in [5.41, 5.74) is 3.71. The number of aryl methyl sites for hydroxylation is 1. The van der Waals surface area contributed by atoms with Gasteiger partial charge in [0.05, 0.1) is 19.2 Å². The highest BCUT2D eigenvalue weighted by atomic mass is 35.5. The Morgan fingerprint density at radius 3 is 2.78 bits per heavy atom. The van der Waals surface area contributed by atoms with E-state index < -0.39 is 5.97 Å². The first kappa shape index (κ1) is 17.7. The zero-order chi connectivity index (χ0) is 19.0. The number of pyridine rings is 1. The zero-order valence-corrected chi connectivity index (χ0v) is 16.3. The molecule has 0 aliphatic carbocycles. The van der Waals surface area contributed by atoms with Gasteiger partial charge in [-0.05, 0) is 47.7 Å². The third-order valence-corrected chi connectivity index (χ3v) is 5.66. The van der Waals surface area contributed by atoms with Crippen LogP contribution in [-0.2, 0) is 11.3 Å². The van der Waals surface area contributed by atoms with Crippen molar-refractivity contribution in [3.8, 4) is 10.4 Å². The molecule has 4 rings (SSSR count). The number of nitrogens with zero attached hydrogens (tertiary/aromatic N) is 3. The number of carbonyl (C=O) groups is 1. The molecule has 4 aromatic rings. The molecule has 0 N–H and O–H groups in total. The molecule has 5 nitrogen and oxygen atoms in total. The number of halogens is 1. The predicted octanol–water partition coefficient (Wildman–Crippen LogP) is 4.96. The fourth-order valence-corrected chi connectivity index (χ4v) is 3.95. The smallest absolute Gasteiger partial charge is 0.356 e. The summed E-state index contributed by atoms with van der Waals surface area (Å²) in [6.07, 6.45) is 0. The molecule has 136 valence electrons. The Kier molecular flexibility index (Phi) is 4.68. The number of ether oxygens (including phenoxy) is 1. The molecule has 3 heterocycles. The van der Waals surface area contributed by atoms with E-state index in [2.05, 4.69) is 22.1 Å². The lowest BCUT2D eigenvalue weighted by Crippen LogP contribution is -2.05. The lowest BCUT2D eigenvalue weighted by molar-refractivity contribution is 0.0594. The molecular weight excluding hydrogens is 382 g/mol. The van der Waals surface area contributed by atoms with Gasteiger partial charge in [0.15, 0.2) is 11.3 Å². The standard InChI is InChI=1S/C20H16ClN3O2S/c1-12-22-19-17(8-7-16(23-19)20(25)26-2)24(12)11-14-6-5-13(10-15(14)21)18-4-3-9-27-18/h3-10H,11H2,1-2H3. The molecule has 3 aromatic heterocycles. The summed E-state index contributed by atoms with van der Waals surface area (Å²) in [5, 5.41) is 2.76. The van der Waals surface area contributed by atoms with Crippen LogP contribution in [0.5, 0.6) is 0 Å². The summed E-state index contributed by atoms with van der Waals surface area (Å²) in [6.45, 7) is 2.48. The van der Waals surface area contributed by atoms with E-state index in [9.17, 15) is 4.79 Å². The van der Waals surface area contributed by atoms with Crippen molar-refractivity contribution in [1.82, 2.24) is 14.5 Å². The van der Waals surface area contributed by atoms with E-state index in [4.69, 9.17) is 16.3 Å². The van der Waals surface area contributed by atoms with E-state index in [0.717, 1.165) is 22.5 Å². The highest BCUT2D eigenvalue weighted by Crippen LogP contribution is 2.30. The second kappa shape index (κ2) is 7.13. The van der Waals surface area contributed by atoms with Gasteiger partial charge in [-0.2, -0.15) is 0 Å². The molecular formula is C20H16ClN3O2S. The Morgan fingerprint density at radius 2 is 2.07 bits per heavy atom. The van der Waals surface area contributed by atoms with E-state index in [1.807, 2.05) is 41.1 Å². The monoisotopic (exact) mass is 397 g/mol. The van der Waals surface area contributed by atoms with Crippen LogP contribution in [0.1, 0.15) is 21.9 Å². The van der Waals surface area contributed by atoms with Crippen LogP contribution in [0.4, 0.5) is 0 Å². The highest BCUT2D eigenvalue weighted by Gasteiger charge is 2.14. The number of thiophene rings is 1. The fraction of sp³-hybridized carbons (Fsp3) is 0.150. The van der Waals surface area contributed by atoms with E-state index in [1.54, 1.807) is 17.4 Å². The number of esters is 1. The molecule has 0 unspecified atom stereocenters. The Balaban J connectivity index is 1.69. The lowest BCUT2D eigenvalue weighted by atomic mass is 10.1. The topological polar surface area (TPSA) is 57.0 Å². The van der Waals surface area contributed by atoms with Gasteiger partial charge in [0, 0.05) is 9.90 Å². The van der Waals surface area contributed by atoms with Crippen LogP contribution in [0.3, 0.4) is 0 Å². The minimum Gasteiger partial charge on any atom is -0.464 e. The third kappa shape index (κ3) is 3.34. The Labute approximate surface area is 165 Å². The maximum absolute atomic E-state index is 11.7. The number of hydrogen-bond donors (Lipinski definition) is 0. The van der Waals surface area contributed by atoms with Crippen molar-refractivity contribution >= 4 is 40.1 Å². The molecule has 27 heavy (non-hydrogen) atoms. The summed E-state index contributed by atoms with van der Waals surface area (Å²) in [5.74, 6) is 0.328. The maximum Gasteiger partial charge on any atom is 0.356 e. The van der Waals surface area contributed by atoms with Crippen molar-refractivity contribution in [1.29, 1.82) is 0 Å². The van der Waals surface area contributed by atoms with Crippen molar-refractivity contribution in [2.24, 2.45) is 0 Å². The zero-order valence-electron chi connectivity index (χ0n) is 14.8. The first-order chi connectivity index (χ1) is 13.1. The number of fused-ring (bicyclic) bond motifs is 1. The summed E-state index contributed by atoms with van der Waals surface area (Å²) in [4.78, 5) is 21.6. The third-order valence-electron chi connectivity index (χ3n) is 4.39. The van der Waals surface area contributed by atoms with E-state index in [1.165, 1.54) is 12.0 Å². The van der Waals surface area contributed by atoms with Gasteiger partial charge in [-0.25, -0.2) is 14.8 Å². The second-order valence-electron chi connectivity index (χ2n) is 6.06. The Bertz CT molecular complexity index is 1140. The van der Waals surface area contributed by atoms with Gasteiger partial charge < -0.3 is 9.30 Å². The molecule has 0 bridgehead atoms. The molecule has 0 radical (unpaired) electrons. The minimum absolute atomic E-state index is 0.244. The van der Waals surface area contributed by atoms with Crippen molar-refractivity contribution in [2.75, 3.05) is 7.11 Å². The normalized spacial score (nSPS) is 11.1. The number of hydrogen-bond acceptors (Lipinski definition) is 5. The second-order valence-corrected chi connectivity index (χ2v) is 7.41. The van der Waals surface area contributed by atoms with E-state index >= 15 is 0 Å². The number of rotatable bonds is 4. The van der Waals surface area contributed by atoms with Gasteiger partial charge >= 0.3 is 5.97 Å². The molecule has 1 aromatic carbocycles. The van der Waals surface area contributed by atoms with Gasteiger partial charge in [0.1, 0.15) is 5.82 Å². The van der Waals surface area contributed by atoms with Gasteiger partial charge in [-0.15, -0.1) is 11.3 Å². The molecule has 0 atom stereocenters. The van der Waals surface area contributed by atoms with Crippen molar-refractivity contribution < 1.29 is 9.53 Å². The Hall–Kier alpha value is -2.70. The van der Waals surface area contributed by atoms with Crippen LogP contribution in [0, 0.1) is 6.92 Å². The minimum atomic E-state index is -0.476. The summed E-state index contributed by atoms with van der Waals surface area (Å²) < 4.78 is 6.76. The molecule has 0 saturated heterocycles. The molecule has 0 aliphatic rings. The van der Waals surface area contributed by atoms with Crippen LogP contribution in [-0.4, -0.2) is 27.6 Å². The Morgan fingerprint density at radius 1 is 1.22 bits per heavy atom. The largest absolute Gasteiger partial charge is 0.464 e. The molecule has 0 saturated carbocycles. The lowest BCUT2D eigenvalue weighted by Gasteiger charge is -2.10. The molecule has 7 heteroatoms. The average molecular weight is 398 g/mol. The maximum atomic E-state index is 11.7. The van der Waals surface area contributed by atoms with Gasteiger partial charge in [-0.1, -0.05) is 29.8 Å². The quantitative estimate of drug-likeness (QED) is 0.457. The van der Waals surface area contributed by atoms with Crippen LogP contribution >= 0.6 is 22.9 Å². The van der Waals surface area contributed by atoms with Crippen LogP contribution < -0.4 is 0 Å².